The van der Waals surface area contributed by atoms with Crippen molar-refractivity contribution in [1.29, 1.82) is 0 Å². The van der Waals surface area contributed by atoms with Gasteiger partial charge in [-0.15, -0.1) is 11.3 Å². The van der Waals surface area contributed by atoms with Crippen LogP contribution in [0.15, 0.2) is 15.9 Å². The smallest absolute Gasteiger partial charge is 0.0701 e. The molecule has 1 aromatic rings. The zero-order valence-corrected chi connectivity index (χ0v) is 12.0. The molecule has 0 bridgehead atoms. The molecule has 86 valence electrons. The third-order valence-corrected chi connectivity index (χ3v) is 3.91. The zero-order valence-electron chi connectivity index (χ0n) is 9.56. The summed E-state index contributed by atoms with van der Waals surface area (Å²) in [6, 6.07) is 4.29. The first-order valence-corrected chi connectivity index (χ1v) is 6.78. The molecule has 0 aromatic carbocycles. The lowest BCUT2D eigenvalue weighted by molar-refractivity contribution is 0.379. The molecule has 0 unspecified atom stereocenters. The molecule has 0 fully saturated rings. The van der Waals surface area contributed by atoms with Gasteiger partial charge in [0.1, 0.15) is 0 Å². The molecule has 0 aliphatic heterocycles. The van der Waals surface area contributed by atoms with Gasteiger partial charge in [-0.3, -0.25) is 0 Å². The van der Waals surface area contributed by atoms with Crippen molar-refractivity contribution in [3.8, 4) is 0 Å². The zero-order chi connectivity index (χ0) is 11.3. The van der Waals surface area contributed by atoms with Crippen molar-refractivity contribution in [3.63, 3.8) is 0 Å². The Morgan fingerprint density at radius 3 is 2.67 bits per heavy atom. The number of hydrogen-bond donors (Lipinski definition) is 2. The normalized spacial score (nSPS) is 12.0. The van der Waals surface area contributed by atoms with E-state index in [1.54, 1.807) is 0 Å². The fourth-order valence-corrected chi connectivity index (χ4v) is 3.00. The summed E-state index contributed by atoms with van der Waals surface area (Å²) in [4.78, 5) is 1.43. The molecule has 0 saturated carbocycles. The van der Waals surface area contributed by atoms with Crippen LogP contribution >= 0.6 is 27.3 Å². The van der Waals surface area contributed by atoms with E-state index in [1.165, 1.54) is 8.66 Å². The van der Waals surface area contributed by atoms with Crippen LogP contribution in [0.4, 0.5) is 0 Å². The Morgan fingerprint density at radius 2 is 2.13 bits per heavy atom. The van der Waals surface area contributed by atoms with Gasteiger partial charge in [-0.1, -0.05) is 0 Å². The van der Waals surface area contributed by atoms with Crippen molar-refractivity contribution in [3.05, 3.63) is 20.8 Å². The van der Waals surface area contributed by atoms with Crippen molar-refractivity contribution in [2.75, 3.05) is 20.1 Å². The van der Waals surface area contributed by atoms with Crippen LogP contribution in [0, 0.1) is 0 Å². The molecule has 2 nitrogen and oxygen atoms in total. The summed E-state index contributed by atoms with van der Waals surface area (Å²) in [6.45, 7) is 6.45. The predicted octanol–water partition coefficient (Wildman–Crippen LogP) is 2.64. The van der Waals surface area contributed by atoms with E-state index in [1.807, 2.05) is 18.4 Å². The van der Waals surface area contributed by atoms with Gasteiger partial charge < -0.3 is 10.6 Å². The summed E-state index contributed by atoms with van der Waals surface area (Å²) in [7, 11) is 1.99. The van der Waals surface area contributed by atoms with E-state index in [2.05, 4.69) is 52.5 Å². The van der Waals surface area contributed by atoms with E-state index >= 15 is 0 Å². The van der Waals surface area contributed by atoms with Gasteiger partial charge in [0.15, 0.2) is 0 Å². The van der Waals surface area contributed by atoms with Crippen molar-refractivity contribution in [2.45, 2.75) is 25.8 Å². The molecule has 4 heteroatoms. The van der Waals surface area contributed by atoms with Crippen LogP contribution in [-0.2, 0) is 6.42 Å². The van der Waals surface area contributed by atoms with Gasteiger partial charge >= 0.3 is 0 Å². The highest BCUT2D eigenvalue weighted by molar-refractivity contribution is 9.11. The van der Waals surface area contributed by atoms with E-state index in [-0.39, 0.29) is 5.54 Å². The quantitative estimate of drug-likeness (QED) is 0.842. The Morgan fingerprint density at radius 1 is 1.40 bits per heavy atom. The first-order chi connectivity index (χ1) is 7.03. The number of hydrogen-bond acceptors (Lipinski definition) is 3. The van der Waals surface area contributed by atoms with Gasteiger partial charge in [0.2, 0.25) is 0 Å². The molecule has 0 amide bonds. The van der Waals surface area contributed by atoms with Crippen molar-refractivity contribution in [2.24, 2.45) is 0 Å². The third kappa shape index (κ3) is 5.11. The molecule has 0 atom stereocenters. The summed E-state index contributed by atoms with van der Waals surface area (Å²) in [5.74, 6) is 0. The Balaban J connectivity index is 2.27. The van der Waals surface area contributed by atoms with Gasteiger partial charge in [-0.05, 0) is 55.4 Å². The van der Waals surface area contributed by atoms with E-state index in [0.717, 1.165) is 19.5 Å². The molecule has 2 N–H and O–H groups in total. The van der Waals surface area contributed by atoms with Crippen LogP contribution in [0.25, 0.3) is 0 Å². The SMILES string of the molecule is CNCC(C)(C)NCCc1ccc(Br)s1. The van der Waals surface area contributed by atoms with Crippen molar-refractivity contribution in [1.82, 2.24) is 10.6 Å². The average Bonchev–Trinajstić information content (AvgIpc) is 2.51. The van der Waals surface area contributed by atoms with Crippen molar-refractivity contribution >= 4 is 27.3 Å². The summed E-state index contributed by atoms with van der Waals surface area (Å²) in [6.07, 6.45) is 1.10. The maximum Gasteiger partial charge on any atom is 0.0701 e. The third-order valence-electron chi connectivity index (χ3n) is 2.22. The lowest BCUT2D eigenvalue weighted by Crippen LogP contribution is -2.47. The molecule has 0 aliphatic rings. The molecule has 1 heterocycles. The lowest BCUT2D eigenvalue weighted by atomic mass is 10.1. The monoisotopic (exact) mass is 290 g/mol. The minimum Gasteiger partial charge on any atom is -0.318 e. The minimum absolute atomic E-state index is 0.170. The van der Waals surface area contributed by atoms with Gasteiger partial charge in [-0.25, -0.2) is 0 Å². The van der Waals surface area contributed by atoms with E-state index in [4.69, 9.17) is 0 Å². The number of thiophene rings is 1. The fourth-order valence-electron chi connectivity index (χ4n) is 1.51. The van der Waals surface area contributed by atoms with Crippen molar-refractivity contribution < 1.29 is 0 Å². The van der Waals surface area contributed by atoms with Crippen LogP contribution in [0.1, 0.15) is 18.7 Å². The Hall–Kier alpha value is 0.1000. The largest absolute Gasteiger partial charge is 0.318 e. The van der Waals surface area contributed by atoms with Gasteiger partial charge in [0.05, 0.1) is 3.79 Å². The molecule has 0 radical (unpaired) electrons. The molecule has 0 aliphatic carbocycles. The topological polar surface area (TPSA) is 24.1 Å². The fraction of sp³-hybridized carbons (Fsp3) is 0.636. The summed E-state index contributed by atoms with van der Waals surface area (Å²) >= 11 is 5.29. The summed E-state index contributed by atoms with van der Waals surface area (Å²) in [5, 5.41) is 6.74. The molecule has 0 spiro atoms. The second-order valence-electron chi connectivity index (χ2n) is 4.30. The highest BCUT2D eigenvalue weighted by atomic mass is 79.9. The molecule has 1 aromatic heterocycles. The maximum absolute atomic E-state index is 3.55. The molecule has 15 heavy (non-hydrogen) atoms. The summed E-state index contributed by atoms with van der Waals surface area (Å²) in [5.41, 5.74) is 0.170. The average molecular weight is 291 g/mol. The lowest BCUT2D eigenvalue weighted by Gasteiger charge is -2.25. The van der Waals surface area contributed by atoms with E-state index in [0.29, 0.717) is 0 Å². The number of nitrogens with one attached hydrogen (secondary N) is 2. The number of halogens is 1. The second kappa shape index (κ2) is 5.99. The second-order valence-corrected chi connectivity index (χ2v) is 6.84. The van der Waals surface area contributed by atoms with Crippen LogP contribution in [-0.4, -0.2) is 25.7 Å². The Kier molecular flexibility index (Phi) is 5.26. The molecule has 1 rings (SSSR count). The van der Waals surface area contributed by atoms with Crippen LogP contribution in [0.2, 0.25) is 0 Å². The molecular weight excluding hydrogens is 272 g/mol. The molecule has 0 saturated heterocycles. The van der Waals surface area contributed by atoms with E-state index < -0.39 is 0 Å². The standard InChI is InChI=1S/C11H19BrN2S/c1-11(2,8-13-3)14-7-6-9-4-5-10(12)15-9/h4-5,13-14H,6-8H2,1-3H3. The number of rotatable bonds is 6. The van der Waals surface area contributed by atoms with Crippen LogP contribution < -0.4 is 10.6 Å². The first-order valence-electron chi connectivity index (χ1n) is 5.17. The van der Waals surface area contributed by atoms with Gasteiger partial charge in [0, 0.05) is 23.5 Å². The first kappa shape index (κ1) is 13.2. The minimum atomic E-state index is 0.170. The number of likely N-dealkylation sites (N-methyl/N-ethyl adjacent to an activating group) is 1. The Labute approximate surface area is 105 Å². The highest BCUT2D eigenvalue weighted by Crippen LogP contribution is 2.22. The van der Waals surface area contributed by atoms with Gasteiger partial charge in [0.25, 0.3) is 0 Å². The van der Waals surface area contributed by atoms with Crippen LogP contribution in [0.5, 0.6) is 0 Å². The Bertz CT molecular complexity index is 297. The predicted molar refractivity (Wildman–Crippen MR) is 71.7 cm³/mol. The summed E-state index contributed by atoms with van der Waals surface area (Å²) < 4.78 is 1.21. The maximum atomic E-state index is 3.55. The van der Waals surface area contributed by atoms with E-state index in [9.17, 15) is 0 Å². The van der Waals surface area contributed by atoms with Gasteiger partial charge in [-0.2, -0.15) is 0 Å². The highest BCUT2D eigenvalue weighted by Gasteiger charge is 2.14. The molecular formula is C11H19BrN2S. The van der Waals surface area contributed by atoms with Crippen LogP contribution in [0.3, 0.4) is 0 Å².